The zero-order valence-electron chi connectivity index (χ0n) is 20.4. The summed E-state index contributed by atoms with van der Waals surface area (Å²) >= 11 is 0. The number of carbonyl (C=O) groups excluding carboxylic acids is 2. The van der Waals surface area contributed by atoms with Gasteiger partial charge in [0.15, 0.2) is 5.69 Å². The van der Waals surface area contributed by atoms with Crippen molar-refractivity contribution in [1.82, 2.24) is 19.8 Å². The van der Waals surface area contributed by atoms with Gasteiger partial charge < -0.3 is 25.0 Å². The maximum atomic E-state index is 13.0. The topological polar surface area (TPSA) is 125 Å². The number of nitrogens with zero attached hydrogens (tertiary/aromatic N) is 3. The number of rotatable bonds is 5. The summed E-state index contributed by atoms with van der Waals surface area (Å²) in [6, 6.07) is 2.94. The third-order valence-electron chi connectivity index (χ3n) is 4.77. The van der Waals surface area contributed by atoms with E-state index in [1.54, 1.807) is 6.92 Å². The van der Waals surface area contributed by atoms with Gasteiger partial charge in [-0.15, -0.1) is 0 Å². The Balaban J connectivity index is 0.000000829. The molecule has 0 aliphatic carbocycles. The molecule has 3 rings (SSSR count). The van der Waals surface area contributed by atoms with Gasteiger partial charge in [0.1, 0.15) is 11.6 Å². The van der Waals surface area contributed by atoms with Crippen molar-refractivity contribution in [1.29, 1.82) is 0 Å². The van der Waals surface area contributed by atoms with E-state index in [0.717, 1.165) is 29.9 Å². The van der Waals surface area contributed by atoms with Gasteiger partial charge in [-0.25, -0.2) is 18.6 Å². The van der Waals surface area contributed by atoms with Gasteiger partial charge in [-0.1, -0.05) is 0 Å². The van der Waals surface area contributed by atoms with Gasteiger partial charge >= 0.3 is 12.1 Å². The molecule has 1 atom stereocenters. The van der Waals surface area contributed by atoms with Crippen LogP contribution in [0.4, 0.5) is 26.3 Å². The van der Waals surface area contributed by atoms with Crippen LogP contribution >= 0.6 is 0 Å². The number of nitrogens with one attached hydrogen (secondary N) is 1. The van der Waals surface area contributed by atoms with Crippen LogP contribution in [0.2, 0.25) is 0 Å². The molecular formula is C22H28F6N4O5. The van der Waals surface area contributed by atoms with Gasteiger partial charge in [0.05, 0.1) is 19.4 Å². The third-order valence-corrected chi connectivity index (χ3v) is 4.77. The predicted octanol–water partition coefficient (Wildman–Crippen LogP) is 2.93. The first-order valence-electron chi connectivity index (χ1n) is 10.5. The van der Waals surface area contributed by atoms with E-state index >= 15 is 0 Å². The van der Waals surface area contributed by atoms with Crippen molar-refractivity contribution in [2.24, 2.45) is 0 Å². The highest BCUT2D eigenvalue weighted by atomic mass is 19.4. The largest absolute Gasteiger partial charge is 0.476 e. The number of aryl methyl sites for hydroxylation is 1. The zero-order valence-corrected chi connectivity index (χ0v) is 20.4. The number of aromatic carboxylic acids is 1. The number of hydrogen-bond donors (Lipinski definition) is 3. The lowest BCUT2D eigenvalue weighted by molar-refractivity contribution is -0.148. The molecule has 37 heavy (non-hydrogen) atoms. The summed E-state index contributed by atoms with van der Waals surface area (Å²) in [5.41, 5.74) is -0.528. The molecular weight excluding hydrogens is 514 g/mol. The number of halogens is 6. The minimum absolute atomic E-state index is 0.00184. The van der Waals surface area contributed by atoms with Gasteiger partial charge in [-0.2, -0.15) is 13.2 Å². The molecule has 3 N–H and O–H groups in total. The smallest absolute Gasteiger partial charge is 0.449 e. The van der Waals surface area contributed by atoms with E-state index in [2.05, 4.69) is 10.3 Å². The average Bonchev–Trinajstić information content (AvgIpc) is 3.25. The number of imidazole rings is 1. The van der Waals surface area contributed by atoms with Crippen molar-refractivity contribution >= 4 is 18.3 Å². The lowest BCUT2D eigenvalue weighted by Crippen LogP contribution is -2.42. The van der Waals surface area contributed by atoms with Crippen molar-refractivity contribution in [3.05, 3.63) is 52.6 Å². The van der Waals surface area contributed by atoms with Crippen LogP contribution in [0.5, 0.6) is 0 Å². The fraction of sp³-hybridized carbons (Fsp3) is 0.455. The molecule has 15 heteroatoms. The minimum atomic E-state index is -4.78. The van der Waals surface area contributed by atoms with Crippen LogP contribution in [0.1, 0.15) is 40.9 Å². The molecule has 0 fully saturated rings. The van der Waals surface area contributed by atoms with Crippen molar-refractivity contribution < 1.29 is 50.9 Å². The average molecular weight is 542 g/mol. The summed E-state index contributed by atoms with van der Waals surface area (Å²) in [5, 5.41) is 18.5. The number of carboxylic acid groups (broad SMARTS) is 1. The molecule has 0 spiro atoms. The fourth-order valence-electron chi connectivity index (χ4n) is 3.14. The Kier molecular flexibility index (Phi) is 14.0. The summed E-state index contributed by atoms with van der Waals surface area (Å²) in [4.78, 5) is 38.1. The van der Waals surface area contributed by atoms with Crippen LogP contribution < -0.4 is 5.32 Å². The number of hydrogen-bond acceptors (Lipinski definition) is 5. The molecule has 0 saturated carbocycles. The van der Waals surface area contributed by atoms with E-state index in [-0.39, 0.29) is 37.6 Å². The molecule has 1 aliphatic rings. The number of aliphatic hydroxyl groups is 1. The highest BCUT2D eigenvalue weighted by Crippen LogP contribution is 2.32. The maximum absolute atomic E-state index is 13.0. The first-order chi connectivity index (χ1) is 17.3. The molecule has 1 aromatic carbocycles. The zero-order chi connectivity index (χ0) is 28.9. The second-order valence-electron chi connectivity index (χ2n) is 7.28. The van der Waals surface area contributed by atoms with Gasteiger partial charge in [-0.05, 0) is 37.6 Å². The van der Waals surface area contributed by atoms with E-state index in [9.17, 15) is 40.7 Å². The van der Waals surface area contributed by atoms with Crippen LogP contribution in [0.3, 0.4) is 0 Å². The van der Waals surface area contributed by atoms with Crippen LogP contribution in [0.15, 0.2) is 18.2 Å². The lowest BCUT2D eigenvalue weighted by Gasteiger charge is -2.30. The summed E-state index contributed by atoms with van der Waals surface area (Å²) in [7, 11) is 1.50. The number of aliphatic hydroxyl groups excluding tert-OH is 1. The first kappa shape index (κ1) is 33.4. The van der Waals surface area contributed by atoms with Crippen LogP contribution in [0.25, 0.3) is 0 Å². The van der Waals surface area contributed by atoms with E-state index in [4.69, 9.17) is 10.2 Å². The van der Waals surface area contributed by atoms with E-state index in [0.29, 0.717) is 19.2 Å². The van der Waals surface area contributed by atoms with Gasteiger partial charge in [-0.3, -0.25) is 14.0 Å². The van der Waals surface area contributed by atoms with E-state index in [1.165, 1.54) is 11.8 Å². The Labute approximate surface area is 208 Å². The molecule has 1 unspecified atom stereocenters. The molecule has 208 valence electrons. The molecule has 1 aromatic heterocycles. The van der Waals surface area contributed by atoms with E-state index in [1.807, 2.05) is 0 Å². The first-order valence-corrected chi connectivity index (χ1v) is 10.5. The van der Waals surface area contributed by atoms with Crippen molar-refractivity contribution in [2.45, 2.75) is 45.6 Å². The predicted molar refractivity (Wildman–Crippen MR) is 119 cm³/mol. The molecule has 9 nitrogen and oxygen atoms in total. The fourth-order valence-corrected chi connectivity index (χ4v) is 3.14. The minimum Gasteiger partial charge on any atom is -0.476 e. The quantitative estimate of drug-likeness (QED) is 0.394. The monoisotopic (exact) mass is 542 g/mol. The van der Waals surface area contributed by atoms with Crippen LogP contribution in [-0.2, 0) is 28.9 Å². The Morgan fingerprint density at radius 1 is 1.19 bits per heavy atom. The molecule has 2 aromatic rings. The summed E-state index contributed by atoms with van der Waals surface area (Å²) in [6.45, 7) is 2.64. The number of carboxylic acids is 1. The van der Waals surface area contributed by atoms with Crippen molar-refractivity contribution in [2.75, 3.05) is 20.8 Å². The number of carbonyl (C=O) groups is 3. The lowest BCUT2D eigenvalue weighted by atomic mass is 10.2. The van der Waals surface area contributed by atoms with Crippen LogP contribution in [0, 0.1) is 18.6 Å². The number of fused-ring (bicyclic) bond motifs is 1. The van der Waals surface area contributed by atoms with Crippen molar-refractivity contribution in [3.63, 3.8) is 0 Å². The Morgan fingerprint density at radius 3 is 2.24 bits per heavy atom. The third kappa shape index (κ3) is 9.74. The highest BCUT2D eigenvalue weighted by Gasteiger charge is 2.41. The summed E-state index contributed by atoms with van der Waals surface area (Å²) < 4.78 is 73.7. The van der Waals surface area contributed by atoms with Gasteiger partial charge in [0, 0.05) is 32.7 Å². The number of amides is 2. The molecule has 2 amide bonds. The maximum Gasteiger partial charge on any atom is 0.449 e. The molecule has 2 heterocycles. The second-order valence-corrected chi connectivity index (χ2v) is 7.28. The summed E-state index contributed by atoms with van der Waals surface area (Å²) in [5.74, 6) is -4.02. The van der Waals surface area contributed by atoms with Gasteiger partial charge in [0.2, 0.25) is 18.1 Å². The van der Waals surface area contributed by atoms with E-state index < -0.39 is 41.4 Å². The summed E-state index contributed by atoms with van der Waals surface area (Å²) in [6.07, 6.45) is -4.38. The number of aromatic nitrogens is 2. The molecule has 0 saturated heterocycles. The number of benzene rings is 1. The Hall–Kier alpha value is -3.62. The van der Waals surface area contributed by atoms with Crippen molar-refractivity contribution in [3.8, 4) is 0 Å². The number of alkyl halides is 4. The van der Waals surface area contributed by atoms with Crippen LogP contribution in [-0.4, -0.2) is 69.8 Å². The Bertz CT molecular complexity index is 1050. The van der Waals surface area contributed by atoms with Gasteiger partial charge in [0.25, 0.3) is 0 Å². The Morgan fingerprint density at radius 2 is 1.78 bits per heavy atom. The SMILES string of the molecule is CC(CC(=O)N1CCn2c(C(F)(F)F)nc(C(=O)O)c2C1)NC=O.CF.CO.Cc1cc(F)ccc1F. The molecule has 0 bridgehead atoms. The highest BCUT2D eigenvalue weighted by molar-refractivity contribution is 5.87. The molecule has 1 aliphatic heterocycles. The molecule has 0 radical (unpaired) electrons. The second kappa shape index (κ2) is 15.5. The standard InChI is InChI=1S/C13H15F3N4O4.C7H6F2.CH3F.CH4O/c1-7(17-6-21)4-9(22)19-2-3-20-8(5-19)10(11(23)24)18-12(20)13(14,15)16;1-5-4-6(8)2-3-7(5)9;2*1-2/h6-7H,2-5H2,1H3,(H,17,21)(H,23,24);2-4H,1H3;1H3;2H,1H3. The normalized spacial score (nSPS) is 12.8.